The number of furan rings is 1. The van der Waals surface area contributed by atoms with Crippen LogP contribution in [0.2, 0.25) is 0 Å². The number of rotatable bonds is 6. The third-order valence-electron chi connectivity index (χ3n) is 5.63. The van der Waals surface area contributed by atoms with Crippen LogP contribution in [0.5, 0.6) is 23.0 Å². The quantitative estimate of drug-likeness (QED) is 0.609. The summed E-state index contributed by atoms with van der Waals surface area (Å²) in [4.78, 5) is 13.8. The smallest absolute Gasteiger partial charge is 0.259 e. The van der Waals surface area contributed by atoms with Gasteiger partial charge in [-0.25, -0.2) is 0 Å². The minimum atomic E-state index is -0.843. The first kappa shape index (κ1) is 21.9. The number of hydrogen-bond donors (Lipinski definition) is 1. The van der Waals surface area contributed by atoms with Gasteiger partial charge in [0, 0.05) is 17.3 Å². The lowest BCUT2D eigenvalue weighted by atomic mass is 9.83. The summed E-state index contributed by atoms with van der Waals surface area (Å²) in [5, 5.41) is 9.94. The Hall–Kier alpha value is -4.32. The number of aryl methyl sites for hydroxylation is 1. The van der Waals surface area contributed by atoms with E-state index < -0.39 is 5.92 Å². The number of nitriles is 1. The molecule has 170 valence electrons. The molecule has 0 saturated carbocycles. The number of allylic oxidation sites excluding steroid dienone is 1. The van der Waals surface area contributed by atoms with E-state index in [9.17, 15) is 10.1 Å². The van der Waals surface area contributed by atoms with Gasteiger partial charge in [-0.05, 0) is 25.1 Å². The van der Waals surface area contributed by atoms with Crippen molar-refractivity contribution in [1.82, 2.24) is 4.57 Å². The lowest BCUT2D eigenvalue weighted by molar-refractivity contribution is 0.321. The van der Waals surface area contributed by atoms with Crippen molar-refractivity contribution in [3.8, 4) is 29.1 Å². The third-order valence-corrected chi connectivity index (χ3v) is 5.63. The summed E-state index contributed by atoms with van der Waals surface area (Å²) < 4.78 is 29.2. The molecule has 1 unspecified atom stereocenters. The Bertz CT molecular complexity index is 1330. The van der Waals surface area contributed by atoms with Crippen LogP contribution in [0.15, 0.2) is 57.3 Å². The molecule has 9 nitrogen and oxygen atoms in total. The van der Waals surface area contributed by atoms with E-state index in [1.54, 1.807) is 48.1 Å². The van der Waals surface area contributed by atoms with Gasteiger partial charge < -0.3 is 33.7 Å². The summed E-state index contributed by atoms with van der Waals surface area (Å²) in [5.41, 5.74) is 7.32. The number of pyridine rings is 1. The van der Waals surface area contributed by atoms with Crippen molar-refractivity contribution >= 4 is 0 Å². The van der Waals surface area contributed by atoms with Crippen LogP contribution in [-0.4, -0.2) is 25.9 Å². The van der Waals surface area contributed by atoms with Crippen molar-refractivity contribution in [1.29, 1.82) is 5.26 Å². The molecule has 1 aromatic carbocycles. The monoisotopic (exact) mass is 449 g/mol. The van der Waals surface area contributed by atoms with Gasteiger partial charge in [0.2, 0.25) is 11.6 Å². The summed E-state index contributed by atoms with van der Waals surface area (Å²) in [5.74, 6) is 1.09. The molecule has 0 bridgehead atoms. The van der Waals surface area contributed by atoms with E-state index in [0.29, 0.717) is 34.3 Å². The van der Waals surface area contributed by atoms with Gasteiger partial charge in [0.15, 0.2) is 11.5 Å². The van der Waals surface area contributed by atoms with E-state index in [1.165, 1.54) is 21.3 Å². The Morgan fingerprint density at radius 1 is 1.15 bits per heavy atom. The second-order valence-corrected chi connectivity index (χ2v) is 7.38. The summed E-state index contributed by atoms with van der Waals surface area (Å²) in [7, 11) is 4.47. The highest BCUT2D eigenvalue weighted by Crippen LogP contribution is 2.48. The molecular formula is C24H23N3O6. The molecular weight excluding hydrogens is 426 g/mol. The highest BCUT2D eigenvalue weighted by atomic mass is 16.5. The van der Waals surface area contributed by atoms with Gasteiger partial charge in [-0.1, -0.05) is 6.07 Å². The summed E-state index contributed by atoms with van der Waals surface area (Å²) >= 11 is 0. The molecule has 1 aliphatic rings. The van der Waals surface area contributed by atoms with E-state index in [4.69, 9.17) is 29.1 Å². The first-order valence-corrected chi connectivity index (χ1v) is 10.1. The highest BCUT2D eigenvalue weighted by Gasteiger charge is 2.37. The Morgan fingerprint density at radius 2 is 1.91 bits per heavy atom. The molecule has 0 radical (unpaired) electrons. The molecule has 9 heteroatoms. The number of methoxy groups -OCH3 is 3. The van der Waals surface area contributed by atoms with E-state index in [2.05, 4.69) is 6.07 Å². The standard InChI is InChI=1S/C24H23N3O6/c1-13-10-18-20(24(28)27(13)12-14-6-5-9-32-14)19(16(11-25)23(26)33-18)15-7-8-17(29-2)22(31-4)21(15)30-3/h5-10,19H,12,26H2,1-4H3. The summed E-state index contributed by atoms with van der Waals surface area (Å²) in [6, 6.07) is 10.8. The maximum atomic E-state index is 13.8. The molecule has 3 aromatic rings. The average molecular weight is 449 g/mol. The third kappa shape index (κ3) is 3.55. The van der Waals surface area contributed by atoms with E-state index in [-0.39, 0.29) is 34.9 Å². The van der Waals surface area contributed by atoms with E-state index >= 15 is 0 Å². The largest absolute Gasteiger partial charge is 0.493 e. The minimum Gasteiger partial charge on any atom is -0.493 e. The Balaban J connectivity index is 2.01. The average Bonchev–Trinajstić information content (AvgIpc) is 3.33. The molecule has 0 spiro atoms. The summed E-state index contributed by atoms with van der Waals surface area (Å²) in [6.07, 6.45) is 1.55. The lowest BCUT2D eigenvalue weighted by Gasteiger charge is -2.28. The van der Waals surface area contributed by atoms with Crippen LogP contribution < -0.4 is 30.2 Å². The van der Waals surface area contributed by atoms with E-state index in [1.807, 2.05) is 0 Å². The topological polar surface area (TPSA) is 122 Å². The number of ether oxygens (including phenoxy) is 4. The molecule has 0 saturated heterocycles. The zero-order chi connectivity index (χ0) is 23.7. The fraction of sp³-hybridized carbons (Fsp3) is 0.250. The van der Waals surface area contributed by atoms with Crippen LogP contribution in [0.3, 0.4) is 0 Å². The predicted octanol–water partition coefficient (Wildman–Crippen LogP) is 3.04. The maximum Gasteiger partial charge on any atom is 0.259 e. The van der Waals surface area contributed by atoms with Crippen molar-refractivity contribution < 1.29 is 23.4 Å². The maximum absolute atomic E-state index is 13.8. The van der Waals surface area contributed by atoms with Gasteiger partial charge in [0.25, 0.3) is 5.56 Å². The van der Waals surface area contributed by atoms with Crippen molar-refractivity contribution in [2.24, 2.45) is 5.73 Å². The first-order valence-electron chi connectivity index (χ1n) is 10.1. The fourth-order valence-electron chi connectivity index (χ4n) is 4.10. The molecule has 1 aliphatic heterocycles. The predicted molar refractivity (Wildman–Crippen MR) is 119 cm³/mol. The molecule has 2 N–H and O–H groups in total. The Kier molecular flexibility index (Phi) is 5.75. The zero-order valence-electron chi connectivity index (χ0n) is 18.7. The first-order chi connectivity index (χ1) is 15.9. The molecule has 2 aromatic heterocycles. The van der Waals surface area contributed by atoms with Crippen molar-refractivity contribution in [2.45, 2.75) is 19.4 Å². The molecule has 1 atom stereocenters. The lowest BCUT2D eigenvalue weighted by Crippen LogP contribution is -2.33. The second-order valence-electron chi connectivity index (χ2n) is 7.38. The van der Waals surface area contributed by atoms with Crippen molar-refractivity contribution in [3.05, 3.63) is 81.0 Å². The van der Waals surface area contributed by atoms with Crippen molar-refractivity contribution in [2.75, 3.05) is 21.3 Å². The molecule has 33 heavy (non-hydrogen) atoms. The minimum absolute atomic E-state index is 0.0746. The fourth-order valence-corrected chi connectivity index (χ4v) is 4.10. The highest BCUT2D eigenvalue weighted by molar-refractivity contribution is 5.64. The van der Waals surface area contributed by atoms with E-state index in [0.717, 1.165) is 0 Å². The molecule has 0 fully saturated rings. The van der Waals surface area contributed by atoms with Gasteiger partial charge in [0.05, 0.1) is 45.6 Å². The zero-order valence-corrected chi connectivity index (χ0v) is 18.7. The van der Waals surface area contributed by atoms with Crippen LogP contribution in [0.4, 0.5) is 0 Å². The Labute approximate surface area is 190 Å². The molecule has 0 aliphatic carbocycles. The van der Waals surface area contributed by atoms with Crippen LogP contribution in [0, 0.1) is 18.3 Å². The normalized spacial score (nSPS) is 14.8. The number of fused-ring (bicyclic) bond motifs is 1. The second kappa shape index (κ2) is 8.67. The van der Waals surface area contributed by atoms with Crippen LogP contribution in [0.25, 0.3) is 0 Å². The molecule has 3 heterocycles. The number of hydrogen-bond acceptors (Lipinski definition) is 8. The number of nitrogens with two attached hydrogens (primary N) is 1. The van der Waals surface area contributed by atoms with Crippen molar-refractivity contribution in [3.63, 3.8) is 0 Å². The number of aromatic nitrogens is 1. The SMILES string of the molecule is COc1ccc(C2C(C#N)=C(N)Oc3cc(C)n(Cc4ccco4)c(=O)c32)c(OC)c1OC. The van der Waals surface area contributed by atoms with Gasteiger partial charge in [-0.15, -0.1) is 0 Å². The molecule has 0 amide bonds. The number of benzene rings is 1. The van der Waals surface area contributed by atoms with Crippen LogP contribution >= 0.6 is 0 Å². The van der Waals surface area contributed by atoms with Gasteiger partial charge in [-0.3, -0.25) is 4.79 Å². The van der Waals surface area contributed by atoms with Crippen LogP contribution in [0.1, 0.15) is 28.5 Å². The van der Waals surface area contributed by atoms with Gasteiger partial charge in [-0.2, -0.15) is 5.26 Å². The van der Waals surface area contributed by atoms with Crippen LogP contribution in [-0.2, 0) is 6.54 Å². The summed E-state index contributed by atoms with van der Waals surface area (Å²) in [6.45, 7) is 2.02. The number of nitrogens with zero attached hydrogens (tertiary/aromatic N) is 2. The Morgan fingerprint density at radius 3 is 2.52 bits per heavy atom. The van der Waals surface area contributed by atoms with Gasteiger partial charge >= 0.3 is 0 Å². The van der Waals surface area contributed by atoms with Gasteiger partial charge in [0.1, 0.15) is 23.2 Å². The molecule has 4 rings (SSSR count).